The largest absolute Gasteiger partial charge is 0.289 e. The zero-order valence-corrected chi connectivity index (χ0v) is 12.7. The van der Waals surface area contributed by atoms with E-state index in [0.29, 0.717) is 6.00 Å². The van der Waals surface area contributed by atoms with Crippen molar-refractivity contribution < 1.29 is 0 Å². The highest BCUT2D eigenvalue weighted by Gasteiger charge is 2.16. The second kappa shape index (κ2) is 5.41. The molecule has 0 saturated heterocycles. The fraction of sp³-hybridized carbons (Fsp3) is 0.600. The van der Waals surface area contributed by atoms with Gasteiger partial charge in [-0.3, -0.25) is 4.90 Å². The predicted molar refractivity (Wildman–Crippen MR) is 76.8 cm³/mol. The van der Waals surface area contributed by atoms with Crippen LogP contribution >= 0.6 is 11.6 Å². The lowest BCUT2D eigenvalue weighted by atomic mass is 9.84. The highest BCUT2D eigenvalue weighted by atomic mass is 35.5. The molecule has 96 valence electrons. The summed E-state index contributed by atoms with van der Waals surface area (Å²) in [5.74, 6) is 0. The molecule has 2 heteroatoms. The Balaban J connectivity index is 3.11. The first-order valence-corrected chi connectivity index (χ1v) is 6.64. The molecular weight excluding hydrogens is 230 g/mol. The Hall–Kier alpha value is -0.530. The molecule has 0 heterocycles. The Labute approximate surface area is 111 Å². The molecule has 0 fully saturated rings. The van der Waals surface area contributed by atoms with E-state index in [-0.39, 0.29) is 5.41 Å². The van der Waals surface area contributed by atoms with Gasteiger partial charge in [0.25, 0.3) is 0 Å². The fourth-order valence-electron chi connectivity index (χ4n) is 1.99. The van der Waals surface area contributed by atoms with Crippen molar-refractivity contribution in [3.05, 3.63) is 34.4 Å². The minimum Gasteiger partial charge on any atom is -0.289 e. The van der Waals surface area contributed by atoms with Gasteiger partial charge in [0.1, 0.15) is 0 Å². The van der Waals surface area contributed by atoms with E-state index in [1.807, 2.05) is 7.05 Å². The maximum atomic E-state index is 5.84. The number of nitrogens with zero attached hydrogens (tertiary/aromatic N) is 1. The molecule has 0 N–H and O–H groups in total. The average Bonchev–Trinajstić information content (AvgIpc) is 2.21. The molecule has 0 aliphatic carbocycles. The lowest BCUT2D eigenvalue weighted by Gasteiger charge is -2.23. The predicted octanol–water partition coefficient (Wildman–Crippen LogP) is 4.23. The van der Waals surface area contributed by atoms with Crippen molar-refractivity contribution >= 4 is 11.6 Å². The summed E-state index contributed by atoms with van der Waals surface area (Å²) < 4.78 is 0. The van der Waals surface area contributed by atoms with Crippen LogP contribution in [0.25, 0.3) is 0 Å². The van der Waals surface area contributed by atoms with Crippen LogP contribution in [0.1, 0.15) is 43.0 Å². The van der Waals surface area contributed by atoms with E-state index in [0.717, 1.165) is 6.54 Å². The van der Waals surface area contributed by atoms with Gasteiger partial charge in [-0.15, -0.1) is 11.6 Å². The summed E-state index contributed by atoms with van der Waals surface area (Å²) in [5.41, 5.74) is 5.76. The number of alkyl halides is 1. The molecule has 1 rings (SSSR count). The third-order valence-electron chi connectivity index (χ3n) is 3.19. The number of hydrogen-bond donors (Lipinski definition) is 0. The minimum absolute atomic E-state index is 0.215. The zero-order chi connectivity index (χ0) is 13.2. The van der Waals surface area contributed by atoms with E-state index in [2.05, 4.69) is 51.7 Å². The monoisotopic (exact) mass is 253 g/mol. The van der Waals surface area contributed by atoms with Crippen molar-refractivity contribution in [3.8, 4) is 0 Å². The van der Waals surface area contributed by atoms with Crippen LogP contribution < -0.4 is 0 Å². The third kappa shape index (κ3) is 3.72. The molecule has 0 atom stereocenters. The van der Waals surface area contributed by atoms with E-state index in [1.54, 1.807) is 0 Å². The van der Waals surface area contributed by atoms with Crippen LogP contribution in [0, 0.1) is 13.8 Å². The van der Waals surface area contributed by atoms with Crippen molar-refractivity contribution in [2.24, 2.45) is 0 Å². The SMILES string of the molecule is Cc1cc(C(C)(C)C)cc(C)c1CN(C)CCl. The Kier molecular flexibility index (Phi) is 4.62. The van der Waals surface area contributed by atoms with Crippen LogP contribution in [0.5, 0.6) is 0 Å². The molecule has 0 aliphatic heterocycles. The Morgan fingerprint density at radius 2 is 1.59 bits per heavy atom. The van der Waals surface area contributed by atoms with Crippen molar-refractivity contribution in [2.45, 2.75) is 46.6 Å². The van der Waals surface area contributed by atoms with Gasteiger partial charge >= 0.3 is 0 Å². The van der Waals surface area contributed by atoms with Crippen LogP contribution in [-0.2, 0) is 12.0 Å². The van der Waals surface area contributed by atoms with E-state index >= 15 is 0 Å². The molecule has 0 unspecified atom stereocenters. The highest BCUT2D eigenvalue weighted by Crippen LogP contribution is 2.27. The van der Waals surface area contributed by atoms with Crippen LogP contribution in [0.4, 0.5) is 0 Å². The smallest absolute Gasteiger partial charge is 0.0738 e. The molecule has 17 heavy (non-hydrogen) atoms. The molecule has 0 bridgehead atoms. The molecular formula is C15H24ClN. The van der Waals surface area contributed by atoms with Gasteiger partial charge in [0.15, 0.2) is 0 Å². The molecule has 1 nitrogen and oxygen atoms in total. The topological polar surface area (TPSA) is 3.24 Å². The molecule has 0 saturated carbocycles. The Morgan fingerprint density at radius 3 is 1.94 bits per heavy atom. The lowest BCUT2D eigenvalue weighted by molar-refractivity contribution is 0.380. The summed E-state index contributed by atoms with van der Waals surface area (Å²) in [5, 5.41) is 0. The molecule has 0 radical (unpaired) electrons. The van der Waals surface area contributed by atoms with Crippen LogP contribution in [0.2, 0.25) is 0 Å². The van der Waals surface area contributed by atoms with E-state index < -0.39 is 0 Å². The minimum atomic E-state index is 0.215. The highest BCUT2D eigenvalue weighted by molar-refractivity contribution is 6.17. The summed E-state index contributed by atoms with van der Waals surface area (Å²) in [7, 11) is 2.05. The third-order valence-corrected chi connectivity index (χ3v) is 3.60. The van der Waals surface area contributed by atoms with Gasteiger partial charge in [-0.2, -0.15) is 0 Å². The van der Waals surface area contributed by atoms with Crippen molar-refractivity contribution in [2.75, 3.05) is 13.1 Å². The van der Waals surface area contributed by atoms with Gasteiger partial charge < -0.3 is 0 Å². The molecule has 0 aromatic heterocycles. The summed E-state index contributed by atoms with van der Waals surface area (Å²) in [6, 6.07) is 5.19. The maximum absolute atomic E-state index is 5.84. The summed E-state index contributed by atoms with van der Waals surface area (Å²) in [4.78, 5) is 2.12. The van der Waals surface area contributed by atoms with E-state index in [9.17, 15) is 0 Å². The summed E-state index contributed by atoms with van der Waals surface area (Å²) in [6.45, 7) is 12.1. The summed E-state index contributed by atoms with van der Waals surface area (Å²) >= 11 is 5.84. The normalized spacial score (nSPS) is 12.2. The first kappa shape index (κ1) is 14.5. The van der Waals surface area contributed by atoms with Gasteiger partial charge in [0, 0.05) is 6.54 Å². The van der Waals surface area contributed by atoms with Gasteiger partial charge in [-0.05, 0) is 48.6 Å². The molecule has 0 spiro atoms. The fourth-order valence-corrected chi connectivity index (χ4v) is 2.07. The summed E-state index contributed by atoms with van der Waals surface area (Å²) in [6.07, 6.45) is 0. The van der Waals surface area contributed by atoms with Gasteiger partial charge in [-0.1, -0.05) is 32.9 Å². The second-order valence-electron chi connectivity index (χ2n) is 5.97. The zero-order valence-electron chi connectivity index (χ0n) is 11.9. The molecule has 1 aromatic carbocycles. The number of hydrogen-bond acceptors (Lipinski definition) is 1. The van der Waals surface area contributed by atoms with Crippen molar-refractivity contribution in [1.82, 2.24) is 4.90 Å². The first-order chi connectivity index (χ1) is 7.75. The quantitative estimate of drug-likeness (QED) is 0.576. The van der Waals surface area contributed by atoms with Crippen LogP contribution in [0.15, 0.2) is 12.1 Å². The standard InChI is InChI=1S/C15H24ClN/c1-11-7-13(15(3,4)5)8-12(2)14(11)9-17(6)10-16/h7-8H,9-10H2,1-6H3. The average molecular weight is 254 g/mol. The number of aryl methyl sites for hydroxylation is 2. The van der Waals surface area contributed by atoms with Crippen molar-refractivity contribution in [1.29, 1.82) is 0 Å². The van der Waals surface area contributed by atoms with E-state index in [4.69, 9.17) is 11.6 Å². The molecule has 1 aromatic rings. The molecule has 0 amide bonds. The number of rotatable bonds is 3. The lowest BCUT2D eigenvalue weighted by Crippen LogP contribution is -2.18. The Morgan fingerprint density at radius 1 is 1.12 bits per heavy atom. The van der Waals surface area contributed by atoms with Crippen LogP contribution in [-0.4, -0.2) is 18.0 Å². The molecule has 0 aliphatic rings. The second-order valence-corrected chi connectivity index (χ2v) is 6.21. The van der Waals surface area contributed by atoms with Gasteiger partial charge in [-0.25, -0.2) is 0 Å². The first-order valence-electron chi connectivity index (χ1n) is 6.11. The van der Waals surface area contributed by atoms with Crippen molar-refractivity contribution in [3.63, 3.8) is 0 Å². The van der Waals surface area contributed by atoms with Gasteiger partial charge in [0.2, 0.25) is 0 Å². The number of halogens is 1. The van der Waals surface area contributed by atoms with Crippen LogP contribution in [0.3, 0.4) is 0 Å². The Bertz CT molecular complexity index is 367. The van der Waals surface area contributed by atoms with Gasteiger partial charge in [0.05, 0.1) is 6.00 Å². The van der Waals surface area contributed by atoms with E-state index in [1.165, 1.54) is 22.3 Å². The number of benzene rings is 1. The maximum Gasteiger partial charge on any atom is 0.0738 e.